The van der Waals surface area contributed by atoms with Crippen LogP contribution in [0.3, 0.4) is 0 Å². The maximum atomic E-state index is 5.83. The Hall–Kier alpha value is -2.08. The molecule has 0 spiro atoms. The van der Waals surface area contributed by atoms with E-state index >= 15 is 0 Å². The molecule has 1 aliphatic carbocycles. The van der Waals surface area contributed by atoms with Crippen LogP contribution in [0.4, 0.5) is 0 Å². The molecule has 0 unspecified atom stereocenters. The molecular weight excluding hydrogens is 370 g/mol. The minimum atomic E-state index is 0.436. The molecule has 0 saturated heterocycles. The zero-order valence-corrected chi connectivity index (χ0v) is 18.2. The molecule has 28 heavy (non-hydrogen) atoms. The van der Waals surface area contributed by atoms with Crippen LogP contribution in [-0.4, -0.2) is 30.6 Å². The van der Waals surface area contributed by atoms with Crippen molar-refractivity contribution in [2.75, 3.05) is 13.7 Å². The molecule has 0 atom stereocenters. The molecule has 152 valence electrons. The van der Waals surface area contributed by atoms with E-state index in [1.165, 1.54) is 32.1 Å². The average Bonchev–Trinajstić information content (AvgIpc) is 3.05. The highest BCUT2D eigenvalue weighted by Gasteiger charge is 2.12. The van der Waals surface area contributed by atoms with Crippen LogP contribution in [0, 0.1) is 12.8 Å². The van der Waals surface area contributed by atoms with Crippen molar-refractivity contribution in [1.29, 1.82) is 0 Å². The van der Waals surface area contributed by atoms with Gasteiger partial charge in [0.15, 0.2) is 11.5 Å². The second-order valence-corrected chi connectivity index (χ2v) is 8.59. The van der Waals surface area contributed by atoms with E-state index in [2.05, 4.69) is 26.2 Å². The van der Waals surface area contributed by atoms with Crippen molar-refractivity contribution in [2.45, 2.75) is 58.9 Å². The lowest BCUT2D eigenvalue weighted by Crippen LogP contribution is -2.19. The maximum Gasteiger partial charge on any atom is 0.206 e. The number of benzene rings is 1. The lowest BCUT2D eigenvalue weighted by molar-refractivity contribution is 0.257. The lowest BCUT2D eigenvalue weighted by atomic mass is 9.96. The number of hydrogen-bond donors (Lipinski definition) is 0. The van der Waals surface area contributed by atoms with E-state index in [1.807, 2.05) is 29.1 Å². The van der Waals surface area contributed by atoms with Gasteiger partial charge in [0.25, 0.3) is 0 Å². The van der Waals surface area contributed by atoms with Crippen LogP contribution in [0.25, 0.3) is 0 Å². The third kappa shape index (κ3) is 5.47. The predicted molar refractivity (Wildman–Crippen MR) is 116 cm³/mol. The van der Waals surface area contributed by atoms with Crippen molar-refractivity contribution in [2.24, 2.45) is 16.0 Å². The molecule has 1 aromatic heterocycles. The maximum absolute atomic E-state index is 5.83. The van der Waals surface area contributed by atoms with Gasteiger partial charge in [0.05, 0.1) is 31.7 Å². The molecule has 3 rings (SSSR count). The van der Waals surface area contributed by atoms with Gasteiger partial charge in [-0.2, -0.15) is 5.10 Å². The Morgan fingerprint density at radius 1 is 1.21 bits per heavy atom. The standard InChI is InChI=1S/C22H31N3O2S/c1-16(2)14-27-20-11-10-18(12-21(20)26-4)13-23-25-17(3)15-28-22(25)24-19-8-6-5-7-9-19/h10-13,15-16,19H,5-9,14H2,1-4H3. The molecular formula is C22H31N3O2S. The van der Waals surface area contributed by atoms with Crippen molar-refractivity contribution in [1.82, 2.24) is 4.68 Å². The molecule has 0 aliphatic heterocycles. The quantitative estimate of drug-likeness (QED) is 0.612. The molecule has 0 amide bonds. The number of rotatable bonds is 7. The Labute approximate surface area is 171 Å². The van der Waals surface area contributed by atoms with Gasteiger partial charge < -0.3 is 9.47 Å². The van der Waals surface area contributed by atoms with E-state index in [0.717, 1.165) is 27.6 Å². The fourth-order valence-corrected chi connectivity index (χ4v) is 4.12. The molecule has 0 bridgehead atoms. The van der Waals surface area contributed by atoms with Crippen LogP contribution in [0.15, 0.2) is 33.7 Å². The molecule has 5 nitrogen and oxygen atoms in total. The Morgan fingerprint density at radius 2 is 2.00 bits per heavy atom. The summed E-state index contributed by atoms with van der Waals surface area (Å²) in [6.45, 7) is 6.99. The summed E-state index contributed by atoms with van der Waals surface area (Å²) in [4.78, 5) is 5.94. The number of ether oxygens (including phenoxy) is 2. The van der Waals surface area contributed by atoms with E-state index in [1.54, 1.807) is 18.4 Å². The molecule has 1 saturated carbocycles. The van der Waals surface area contributed by atoms with E-state index < -0.39 is 0 Å². The fourth-order valence-electron chi connectivity index (χ4n) is 3.25. The highest BCUT2D eigenvalue weighted by Crippen LogP contribution is 2.28. The van der Waals surface area contributed by atoms with Crippen LogP contribution in [-0.2, 0) is 0 Å². The van der Waals surface area contributed by atoms with Gasteiger partial charge in [-0.25, -0.2) is 4.68 Å². The van der Waals surface area contributed by atoms with E-state index in [-0.39, 0.29) is 0 Å². The first-order valence-corrected chi connectivity index (χ1v) is 11.0. The number of methoxy groups -OCH3 is 1. The molecule has 1 heterocycles. The largest absolute Gasteiger partial charge is 0.493 e. The summed E-state index contributed by atoms with van der Waals surface area (Å²) in [7, 11) is 1.66. The highest BCUT2D eigenvalue weighted by atomic mass is 32.1. The molecule has 0 radical (unpaired) electrons. The summed E-state index contributed by atoms with van der Waals surface area (Å²) in [6, 6.07) is 6.34. The average molecular weight is 402 g/mol. The first-order valence-electron chi connectivity index (χ1n) is 10.1. The van der Waals surface area contributed by atoms with Gasteiger partial charge >= 0.3 is 0 Å². The second-order valence-electron chi connectivity index (χ2n) is 7.75. The normalized spacial score (nSPS) is 16.2. The van der Waals surface area contributed by atoms with Crippen molar-refractivity contribution in [3.8, 4) is 11.5 Å². The predicted octanol–water partition coefficient (Wildman–Crippen LogP) is 5.02. The van der Waals surface area contributed by atoms with Gasteiger partial charge in [0, 0.05) is 5.38 Å². The number of aromatic nitrogens is 1. The first kappa shape index (κ1) is 20.6. The van der Waals surface area contributed by atoms with Crippen molar-refractivity contribution in [3.63, 3.8) is 0 Å². The monoisotopic (exact) mass is 401 g/mol. The molecule has 1 aliphatic rings. The molecule has 1 fully saturated rings. The third-order valence-corrected chi connectivity index (χ3v) is 5.75. The zero-order valence-electron chi connectivity index (χ0n) is 17.4. The van der Waals surface area contributed by atoms with Crippen LogP contribution in [0.2, 0.25) is 0 Å². The number of aryl methyl sites for hydroxylation is 1. The van der Waals surface area contributed by atoms with Gasteiger partial charge in [0.1, 0.15) is 0 Å². The third-order valence-electron chi connectivity index (χ3n) is 4.80. The van der Waals surface area contributed by atoms with Crippen LogP contribution >= 0.6 is 11.3 Å². The summed E-state index contributed by atoms with van der Waals surface area (Å²) in [5.74, 6) is 1.96. The molecule has 2 aromatic rings. The Morgan fingerprint density at radius 3 is 2.71 bits per heavy atom. The van der Waals surface area contributed by atoms with Gasteiger partial charge in [-0.3, -0.25) is 4.99 Å². The van der Waals surface area contributed by atoms with E-state index in [4.69, 9.17) is 19.6 Å². The smallest absolute Gasteiger partial charge is 0.206 e. The second kappa shape index (κ2) is 9.92. The van der Waals surface area contributed by atoms with Gasteiger partial charge in [-0.15, -0.1) is 11.3 Å². The topological polar surface area (TPSA) is 48.1 Å². The van der Waals surface area contributed by atoms with Gasteiger partial charge in [-0.05, 0) is 49.4 Å². The summed E-state index contributed by atoms with van der Waals surface area (Å²) >= 11 is 1.66. The van der Waals surface area contributed by atoms with E-state index in [9.17, 15) is 0 Å². The Balaban J connectivity index is 1.80. The Kier molecular flexibility index (Phi) is 7.31. The zero-order chi connectivity index (χ0) is 19.9. The number of thiazole rings is 1. The van der Waals surface area contributed by atoms with Crippen LogP contribution < -0.4 is 14.3 Å². The highest BCUT2D eigenvalue weighted by molar-refractivity contribution is 7.07. The Bertz CT molecular complexity index is 861. The van der Waals surface area contributed by atoms with E-state index in [0.29, 0.717) is 18.6 Å². The first-order chi connectivity index (χ1) is 13.6. The SMILES string of the molecule is COc1cc(C=Nn2c(C)csc2=NC2CCCCC2)ccc1OCC(C)C. The van der Waals surface area contributed by atoms with Crippen LogP contribution in [0.1, 0.15) is 57.2 Å². The minimum absolute atomic E-state index is 0.436. The fraction of sp³-hybridized carbons (Fsp3) is 0.545. The molecule has 6 heteroatoms. The van der Waals surface area contributed by atoms with Crippen molar-refractivity contribution >= 4 is 17.6 Å². The summed E-state index contributed by atoms with van der Waals surface area (Å²) in [5, 5.41) is 6.81. The van der Waals surface area contributed by atoms with Crippen LogP contribution in [0.5, 0.6) is 11.5 Å². The summed E-state index contributed by atoms with van der Waals surface area (Å²) in [5.41, 5.74) is 2.06. The van der Waals surface area contributed by atoms with Gasteiger partial charge in [0.2, 0.25) is 4.80 Å². The minimum Gasteiger partial charge on any atom is -0.493 e. The molecule has 1 aromatic carbocycles. The van der Waals surface area contributed by atoms with Gasteiger partial charge in [-0.1, -0.05) is 33.1 Å². The summed E-state index contributed by atoms with van der Waals surface area (Å²) in [6.07, 6.45) is 8.14. The summed E-state index contributed by atoms with van der Waals surface area (Å²) < 4.78 is 13.3. The lowest BCUT2D eigenvalue weighted by Gasteiger charge is -2.16. The van der Waals surface area contributed by atoms with Crippen molar-refractivity contribution < 1.29 is 9.47 Å². The number of hydrogen-bond acceptors (Lipinski definition) is 5. The number of nitrogens with zero attached hydrogens (tertiary/aromatic N) is 3. The molecule has 0 N–H and O–H groups in total. The van der Waals surface area contributed by atoms with Crippen molar-refractivity contribution in [3.05, 3.63) is 39.6 Å².